The van der Waals surface area contributed by atoms with E-state index in [0.717, 1.165) is 16.9 Å². The molecule has 0 aromatic heterocycles. The van der Waals surface area contributed by atoms with Gasteiger partial charge in [0.2, 0.25) is 5.91 Å². The molecule has 29 heavy (non-hydrogen) atoms. The Labute approximate surface area is 170 Å². The molecular formula is C23H25FN2O3. The van der Waals surface area contributed by atoms with Crippen LogP contribution in [0.25, 0.3) is 0 Å². The van der Waals surface area contributed by atoms with Gasteiger partial charge >= 0.3 is 0 Å². The van der Waals surface area contributed by atoms with E-state index in [9.17, 15) is 14.0 Å². The van der Waals surface area contributed by atoms with Crippen molar-refractivity contribution in [3.8, 4) is 5.75 Å². The Morgan fingerprint density at radius 2 is 1.90 bits per heavy atom. The highest BCUT2D eigenvalue weighted by molar-refractivity contribution is 5.96. The number of halogens is 1. The first-order valence-corrected chi connectivity index (χ1v) is 9.85. The summed E-state index contributed by atoms with van der Waals surface area (Å²) < 4.78 is 19.1. The van der Waals surface area contributed by atoms with Crippen molar-refractivity contribution in [1.29, 1.82) is 0 Å². The lowest BCUT2D eigenvalue weighted by Crippen LogP contribution is -2.36. The van der Waals surface area contributed by atoms with Crippen molar-refractivity contribution in [2.75, 3.05) is 26.7 Å². The second-order valence-corrected chi connectivity index (χ2v) is 7.99. The number of aryl methyl sites for hydroxylation is 1. The van der Waals surface area contributed by atoms with Gasteiger partial charge in [0.1, 0.15) is 11.6 Å². The van der Waals surface area contributed by atoms with E-state index < -0.39 is 0 Å². The topological polar surface area (TPSA) is 49.9 Å². The zero-order valence-electron chi connectivity index (χ0n) is 16.9. The van der Waals surface area contributed by atoms with E-state index in [-0.39, 0.29) is 35.5 Å². The van der Waals surface area contributed by atoms with E-state index in [0.29, 0.717) is 25.2 Å². The summed E-state index contributed by atoms with van der Waals surface area (Å²) in [7, 11) is 1.60. The van der Waals surface area contributed by atoms with Gasteiger partial charge in [-0.3, -0.25) is 9.59 Å². The molecule has 0 radical (unpaired) electrons. The molecule has 2 saturated heterocycles. The molecular weight excluding hydrogens is 371 g/mol. The van der Waals surface area contributed by atoms with Crippen LogP contribution < -0.4 is 4.74 Å². The van der Waals surface area contributed by atoms with Crippen molar-refractivity contribution in [1.82, 2.24) is 9.80 Å². The second-order valence-electron chi connectivity index (χ2n) is 7.99. The minimum Gasteiger partial charge on any atom is -0.497 e. The maximum Gasteiger partial charge on any atom is 0.254 e. The Morgan fingerprint density at radius 1 is 1.10 bits per heavy atom. The van der Waals surface area contributed by atoms with E-state index in [1.165, 1.54) is 12.1 Å². The number of hydrogen-bond donors (Lipinski definition) is 0. The third-order valence-electron chi connectivity index (χ3n) is 6.21. The Morgan fingerprint density at radius 3 is 2.55 bits per heavy atom. The fraction of sp³-hybridized carbons (Fsp3) is 0.391. The molecule has 0 bridgehead atoms. The number of ether oxygens (including phenoxy) is 1. The highest BCUT2D eigenvalue weighted by Crippen LogP contribution is 2.45. The maximum absolute atomic E-state index is 13.8. The average molecular weight is 396 g/mol. The molecule has 2 aliphatic rings. The number of methoxy groups -OCH3 is 1. The summed E-state index contributed by atoms with van der Waals surface area (Å²) in [5.74, 6) is 0.678. The van der Waals surface area contributed by atoms with Gasteiger partial charge in [-0.05, 0) is 48.4 Å². The maximum atomic E-state index is 13.8. The third-order valence-corrected chi connectivity index (χ3v) is 6.21. The van der Waals surface area contributed by atoms with Gasteiger partial charge in [-0.2, -0.15) is 0 Å². The van der Waals surface area contributed by atoms with Crippen molar-refractivity contribution in [3.63, 3.8) is 0 Å². The van der Waals surface area contributed by atoms with Crippen LogP contribution >= 0.6 is 0 Å². The monoisotopic (exact) mass is 396 g/mol. The van der Waals surface area contributed by atoms with Crippen LogP contribution in [0.15, 0.2) is 42.5 Å². The van der Waals surface area contributed by atoms with Crippen LogP contribution in [0.5, 0.6) is 5.75 Å². The molecule has 2 aromatic carbocycles. The number of hydrogen-bond acceptors (Lipinski definition) is 3. The number of likely N-dealkylation sites (tertiary alicyclic amines) is 2. The summed E-state index contributed by atoms with van der Waals surface area (Å²) in [6, 6.07) is 11.7. The molecule has 5 nitrogen and oxygen atoms in total. The van der Waals surface area contributed by atoms with Crippen molar-refractivity contribution >= 4 is 11.8 Å². The minimum absolute atomic E-state index is 0.00748. The van der Waals surface area contributed by atoms with E-state index in [1.54, 1.807) is 32.2 Å². The fourth-order valence-electron chi connectivity index (χ4n) is 4.83. The number of nitrogens with zero attached hydrogens (tertiary/aromatic N) is 2. The number of amides is 2. The number of fused-ring (bicyclic) bond motifs is 1. The summed E-state index contributed by atoms with van der Waals surface area (Å²) in [5, 5.41) is 0. The van der Waals surface area contributed by atoms with Crippen LogP contribution in [0, 0.1) is 24.6 Å². The summed E-state index contributed by atoms with van der Waals surface area (Å²) in [5.41, 5.74) is 2.33. The van der Waals surface area contributed by atoms with Crippen LogP contribution in [-0.4, -0.2) is 48.4 Å². The van der Waals surface area contributed by atoms with Crippen LogP contribution in [-0.2, 0) is 4.79 Å². The van der Waals surface area contributed by atoms with Crippen molar-refractivity contribution in [3.05, 3.63) is 65.0 Å². The van der Waals surface area contributed by atoms with Crippen LogP contribution in [0.2, 0.25) is 0 Å². The molecule has 0 spiro atoms. The lowest BCUT2D eigenvalue weighted by molar-refractivity contribution is -0.130. The number of carbonyl (C=O) groups excluding carboxylic acids is 2. The molecule has 0 saturated carbocycles. The predicted octanol–water partition coefficient (Wildman–Crippen LogP) is 3.43. The first kappa shape index (κ1) is 19.4. The molecule has 152 valence electrons. The Balaban J connectivity index is 1.59. The van der Waals surface area contributed by atoms with E-state index in [4.69, 9.17) is 4.74 Å². The average Bonchev–Trinajstić information content (AvgIpc) is 3.25. The molecule has 0 aliphatic carbocycles. The van der Waals surface area contributed by atoms with Gasteiger partial charge < -0.3 is 14.5 Å². The van der Waals surface area contributed by atoms with Crippen molar-refractivity contribution in [2.24, 2.45) is 11.8 Å². The van der Waals surface area contributed by atoms with Crippen LogP contribution in [0.4, 0.5) is 4.39 Å². The summed E-state index contributed by atoms with van der Waals surface area (Å²) in [6.07, 6.45) is 0. The highest BCUT2D eigenvalue weighted by atomic mass is 19.1. The minimum atomic E-state index is -0.311. The zero-order chi connectivity index (χ0) is 20.7. The highest BCUT2D eigenvalue weighted by Gasteiger charge is 2.49. The summed E-state index contributed by atoms with van der Waals surface area (Å²) in [4.78, 5) is 29.1. The molecule has 0 N–H and O–H groups in total. The molecule has 2 amide bonds. The van der Waals surface area contributed by atoms with Crippen molar-refractivity contribution < 1.29 is 18.7 Å². The molecule has 3 atom stereocenters. The van der Waals surface area contributed by atoms with E-state index in [1.807, 2.05) is 28.9 Å². The van der Waals surface area contributed by atoms with Gasteiger partial charge in [-0.25, -0.2) is 4.39 Å². The standard InChI is InChI=1S/C23H25FN2O3/c1-14-9-19(29-3)7-8-20(14)23(28)25-11-17-12-26(15(2)27)22(21(17)13-25)16-5-4-6-18(24)10-16/h4-10,17,21-22H,11-13H2,1-3H3/t17-,21-,22-/m1/s1. The molecule has 4 rings (SSSR count). The SMILES string of the molecule is COc1ccc(C(=O)N2C[C@@H]3CN(C(C)=O)[C@H](c4cccc(F)c4)[C@@H]3C2)c(C)c1. The van der Waals surface area contributed by atoms with E-state index in [2.05, 4.69) is 0 Å². The van der Waals surface area contributed by atoms with Gasteiger partial charge in [-0.15, -0.1) is 0 Å². The Bertz CT molecular complexity index is 961. The summed E-state index contributed by atoms with van der Waals surface area (Å²) >= 11 is 0. The van der Waals surface area contributed by atoms with Crippen LogP contribution in [0.1, 0.15) is 34.5 Å². The van der Waals surface area contributed by atoms with Gasteiger partial charge in [0, 0.05) is 44.0 Å². The molecule has 2 aromatic rings. The molecule has 2 aliphatic heterocycles. The fourth-order valence-corrected chi connectivity index (χ4v) is 4.83. The van der Waals surface area contributed by atoms with Crippen molar-refractivity contribution in [2.45, 2.75) is 19.9 Å². The molecule has 2 fully saturated rings. The molecule has 2 heterocycles. The van der Waals surface area contributed by atoms with Gasteiger partial charge in [0.15, 0.2) is 0 Å². The Hall–Kier alpha value is -2.89. The lowest BCUT2D eigenvalue weighted by Gasteiger charge is -2.29. The predicted molar refractivity (Wildman–Crippen MR) is 107 cm³/mol. The normalized spacial score (nSPS) is 23.2. The van der Waals surface area contributed by atoms with E-state index >= 15 is 0 Å². The first-order valence-electron chi connectivity index (χ1n) is 9.85. The van der Waals surface area contributed by atoms with Gasteiger partial charge in [-0.1, -0.05) is 12.1 Å². The number of benzene rings is 2. The smallest absolute Gasteiger partial charge is 0.254 e. The second kappa shape index (κ2) is 7.50. The van der Waals surface area contributed by atoms with Gasteiger partial charge in [0.25, 0.3) is 5.91 Å². The zero-order valence-corrected chi connectivity index (χ0v) is 16.9. The quantitative estimate of drug-likeness (QED) is 0.799. The molecule has 0 unspecified atom stereocenters. The lowest BCUT2D eigenvalue weighted by atomic mass is 9.89. The third kappa shape index (κ3) is 3.48. The Kier molecular flexibility index (Phi) is 5.03. The van der Waals surface area contributed by atoms with Gasteiger partial charge in [0.05, 0.1) is 13.2 Å². The first-order chi connectivity index (χ1) is 13.9. The van der Waals surface area contributed by atoms with Crippen LogP contribution in [0.3, 0.4) is 0 Å². The molecule has 6 heteroatoms. The largest absolute Gasteiger partial charge is 0.497 e. The summed E-state index contributed by atoms with van der Waals surface area (Å²) in [6.45, 7) is 5.20. The number of carbonyl (C=O) groups is 2. The number of rotatable bonds is 3.